The normalized spacial score (nSPS) is 13.4. The van der Waals surface area contributed by atoms with Gasteiger partial charge in [0.2, 0.25) is 0 Å². The molecule has 0 aromatic heterocycles. The van der Waals surface area contributed by atoms with Crippen molar-refractivity contribution in [3.63, 3.8) is 0 Å². The number of hydrogen-bond donors (Lipinski definition) is 2. The summed E-state index contributed by atoms with van der Waals surface area (Å²) in [6.45, 7) is 10.6. The molecule has 0 radical (unpaired) electrons. The summed E-state index contributed by atoms with van der Waals surface area (Å²) in [5.74, 6) is 0.640. The Morgan fingerprint density at radius 3 is 1.93 bits per heavy atom. The molecule has 0 spiro atoms. The van der Waals surface area contributed by atoms with Crippen molar-refractivity contribution in [3.8, 4) is 22.6 Å². The van der Waals surface area contributed by atoms with Gasteiger partial charge < -0.3 is 10.2 Å². The van der Waals surface area contributed by atoms with E-state index in [1.807, 2.05) is 49.4 Å². The molecule has 0 fully saturated rings. The van der Waals surface area contributed by atoms with Crippen LogP contribution in [0.5, 0.6) is 11.5 Å². The smallest absolute Gasteiger partial charge is 0.126 e. The Labute approximate surface area is 162 Å². The maximum absolute atomic E-state index is 10.9. The predicted molar refractivity (Wildman–Crippen MR) is 113 cm³/mol. The first-order valence-corrected chi connectivity index (χ1v) is 9.49. The third-order valence-electron chi connectivity index (χ3n) is 6.11. The van der Waals surface area contributed by atoms with E-state index in [-0.39, 0.29) is 11.2 Å². The molecule has 140 valence electrons. The van der Waals surface area contributed by atoms with Crippen molar-refractivity contribution >= 4 is 0 Å². The number of hydrogen-bond acceptors (Lipinski definition) is 2. The van der Waals surface area contributed by atoms with Crippen LogP contribution < -0.4 is 0 Å². The van der Waals surface area contributed by atoms with Gasteiger partial charge in [0.05, 0.1) is 0 Å². The van der Waals surface area contributed by atoms with Gasteiger partial charge in [0.25, 0.3) is 0 Å². The molecule has 3 rings (SSSR count). The lowest BCUT2D eigenvalue weighted by Crippen LogP contribution is -2.26. The average Bonchev–Trinajstić information content (AvgIpc) is 2.67. The zero-order chi connectivity index (χ0) is 19.8. The standard InChI is InChI=1S/C25H28O2/c1-6-25(5,20-12-14-21(26)15-13-20)23-16(2)17(3)24(27)22(18(23)4)19-10-8-7-9-11-19/h7-15,26-27H,6H2,1-5H3. The zero-order valence-electron chi connectivity index (χ0n) is 16.8. The Morgan fingerprint density at radius 2 is 1.37 bits per heavy atom. The maximum atomic E-state index is 10.9. The van der Waals surface area contributed by atoms with Crippen molar-refractivity contribution in [1.29, 1.82) is 0 Å². The second-order valence-corrected chi connectivity index (χ2v) is 7.57. The lowest BCUT2D eigenvalue weighted by atomic mass is 9.69. The summed E-state index contributed by atoms with van der Waals surface area (Å²) in [5, 5.41) is 20.7. The highest BCUT2D eigenvalue weighted by atomic mass is 16.3. The van der Waals surface area contributed by atoms with E-state index in [2.05, 4.69) is 27.7 Å². The zero-order valence-corrected chi connectivity index (χ0v) is 16.8. The molecule has 27 heavy (non-hydrogen) atoms. The van der Waals surface area contributed by atoms with Crippen LogP contribution in [0.1, 0.15) is 48.1 Å². The van der Waals surface area contributed by atoms with Crippen molar-refractivity contribution in [1.82, 2.24) is 0 Å². The summed E-state index contributed by atoms with van der Waals surface area (Å²) in [6.07, 6.45) is 0.915. The molecule has 0 heterocycles. The molecule has 0 saturated carbocycles. The molecule has 0 amide bonds. The lowest BCUT2D eigenvalue weighted by molar-refractivity contribution is 0.468. The Hall–Kier alpha value is -2.74. The summed E-state index contributed by atoms with van der Waals surface area (Å²) in [5.41, 5.74) is 7.30. The number of phenols is 2. The van der Waals surface area contributed by atoms with E-state index < -0.39 is 0 Å². The first kappa shape index (κ1) is 19.0. The molecule has 0 saturated heterocycles. The Morgan fingerprint density at radius 1 is 0.778 bits per heavy atom. The van der Waals surface area contributed by atoms with Crippen LogP contribution in [0.4, 0.5) is 0 Å². The Balaban J connectivity index is 2.35. The summed E-state index contributed by atoms with van der Waals surface area (Å²) >= 11 is 0. The van der Waals surface area contributed by atoms with Gasteiger partial charge in [0.1, 0.15) is 11.5 Å². The fourth-order valence-corrected chi connectivity index (χ4v) is 4.28. The predicted octanol–water partition coefficient (Wildman–Crippen LogP) is 6.41. The molecule has 1 unspecified atom stereocenters. The highest BCUT2D eigenvalue weighted by molar-refractivity contribution is 5.78. The molecule has 2 heteroatoms. The lowest BCUT2D eigenvalue weighted by Gasteiger charge is -2.35. The van der Waals surface area contributed by atoms with E-state index in [4.69, 9.17) is 0 Å². The van der Waals surface area contributed by atoms with Crippen molar-refractivity contribution in [2.45, 2.75) is 46.5 Å². The first-order valence-electron chi connectivity index (χ1n) is 9.49. The minimum Gasteiger partial charge on any atom is -0.508 e. The van der Waals surface area contributed by atoms with Gasteiger partial charge in [-0.1, -0.05) is 56.3 Å². The van der Waals surface area contributed by atoms with Crippen molar-refractivity contribution < 1.29 is 10.2 Å². The highest BCUT2D eigenvalue weighted by Crippen LogP contribution is 2.47. The molecule has 2 N–H and O–H groups in total. The number of phenolic OH excluding ortho intramolecular Hbond substituents is 2. The Kier molecular flexibility index (Phi) is 5.01. The third kappa shape index (κ3) is 3.10. The van der Waals surface area contributed by atoms with Crippen LogP contribution in [0.15, 0.2) is 54.6 Å². The van der Waals surface area contributed by atoms with Crippen LogP contribution in [0.3, 0.4) is 0 Å². The van der Waals surface area contributed by atoms with Gasteiger partial charge in [-0.05, 0) is 72.7 Å². The second kappa shape index (κ2) is 7.11. The quantitative estimate of drug-likeness (QED) is 0.564. The molecule has 3 aromatic rings. The molecule has 0 aliphatic carbocycles. The molecule has 0 bridgehead atoms. The molecule has 0 aliphatic heterocycles. The summed E-state index contributed by atoms with van der Waals surface area (Å²) in [4.78, 5) is 0. The van der Waals surface area contributed by atoms with Crippen LogP contribution in [0.25, 0.3) is 11.1 Å². The number of aromatic hydroxyl groups is 2. The molecular formula is C25H28O2. The van der Waals surface area contributed by atoms with Crippen molar-refractivity contribution in [2.24, 2.45) is 0 Å². The minimum atomic E-state index is -0.218. The Bertz CT molecular complexity index is 956. The largest absolute Gasteiger partial charge is 0.508 e. The van der Waals surface area contributed by atoms with Crippen LogP contribution in [0, 0.1) is 20.8 Å². The van der Waals surface area contributed by atoms with E-state index in [9.17, 15) is 10.2 Å². The number of rotatable bonds is 4. The molecular weight excluding hydrogens is 332 g/mol. The second-order valence-electron chi connectivity index (χ2n) is 7.57. The topological polar surface area (TPSA) is 40.5 Å². The van der Waals surface area contributed by atoms with E-state index in [1.54, 1.807) is 12.1 Å². The summed E-state index contributed by atoms with van der Waals surface area (Å²) < 4.78 is 0. The van der Waals surface area contributed by atoms with Gasteiger partial charge in [-0.15, -0.1) is 0 Å². The van der Waals surface area contributed by atoms with Gasteiger partial charge in [-0.25, -0.2) is 0 Å². The SMILES string of the molecule is CCC(C)(c1ccc(O)cc1)c1c(C)c(C)c(O)c(-c2ccccc2)c1C. The highest BCUT2D eigenvalue weighted by Gasteiger charge is 2.33. The van der Waals surface area contributed by atoms with Gasteiger partial charge in [0.15, 0.2) is 0 Å². The minimum absolute atomic E-state index is 0.218. The molecule has 3 aromatic carbocycles. The van der Waals surface area contributed by atoms with Gasteiger partial charge in [-0.2, -0.15) is 0 Å². The van der Waals surface area contributed by atoms with Crippen LogP contribution in [0.2, 0.25) is 0 Å². The monoisotopic (exact) mass is 360 g/mol. The van der Waals surface area contributed by atoms with Crippen LogP contribution in [-0.4, -0.2) is 10.2 Å². The maximum Gasteiger partial charge on any atom is 0.126 e. The van der Waals surface area contributed by atoms with Crippen LogP contribution >= 0.6 is 0 Å². The van der Waals surface area contributed by atoms with E-state index in [1.165, 1.54) is 5.56 Å². The fourth-order valence-electron chi connectivity index (χ4n) is 4.28. The molecule has 1 atom stereocenters. The van der Waals surface area contributed by atoms with E-state index in [0.29, 0.717) is 5.75 Å². The first-order chi connectivity index (χ1) is 12.8. The average molecular weight is 360 g/mol. The number of benzene rings is 3. The van der Waals surface area contributed by atoms with Gasteiger partial charge >= 0.3 is 0 Å². The molecule has 0 aliphatic rings. The summed E-state index contributed by atoms with van der Waals surface area (Å²) in [6, 6.07) is 17.6. The van der Waals surface area contributed by atoms with Crippen molar-refractivity contribution in [3.05, 3.63) is 82.4 Å². The van der Waals surface area contributed by atoms with Crippen LogP contribution in [-0.2, 0) is 5.41 Å². The van der Waals surface area contributed by atoms with E-state index in [0.717, 1.165) is 39.8 Å². The molecule has 2 nitrogen and oxygen atoms in total. The van der Waals surface area contributed by atoms with Gasteiger partial charge in [0, 0.05) is 11.0 Å². The van der Waals surface area contributed by atoms with Gasteiger partial charge in [-0.3, -0.25) is 0 Å². The van der Waals surface area contributed by atoms with Crippen molar-refractivity contribution in [2.75, 3.05) is 0 Å². The van der Waals surface area contributed by atoms with E-state index >= 15 is 0 Å². The summed E-state index contributed by atoms with van der Waals surface area (Å²) in [7, 11) is 0. The fraction of sp³-hybridized carbons (Fsp3) is 0.280. The third-order valence-corrected chi connectivity index (χ3v) is 6.11.